The van der Waals surface area contributed by atoms with E-state index in [2.05, 4.69) is 32.7 Å². The van der Waals surface area contributed by atoms with Crippen LogP contribution in [0.15, 0.2) is 24.4 Å². The van der Waals surface area contributed by atoms with Gasteiger partial charge in [-0.15, -0.1) is 0 Å². The Bertz CT molecular complexity index is 617. The Hall–Kier alpha value is -1.33. The summed E-state index contributed by atoms with van der Waals surface area (Å²) in [5.41, 5.74) is 2.19. The molecule has 19 heavy (non-hydrogen) atoms. The summed E-state index contributed by atoms with van der Waals surface area (Å²) < 4.78 is 14.3. The van der Waals surface area contributed by atoms with Gasteiger partial charge < -0.3 is 13.7 Å². The van der Waals surface area contributed by atoms with E-state index in [1.54, 1.807) is 0 Å². The van der Waals surface area contributed by atoms with Crippen molar-refractivity contribution in [2.75, 3.05) is 0 Å². The molecule has 0 bridgehead atoms. The van der Waals surface area contributed by atoms with Crippen LogP contribution in [0.2, 0.25) is 0 Å². The minimum atomic E-state index is -0.373. The smallest absolute Gasteiger partial charge is 0.398 e. The third-order valence-electron chi connectivity index (χ3n) is 4.23. The zero-order valence-corrected chi connectivity index (χ0v) is 12.1. The minimum Gasteiger partial charge on any atom is -0.398 e. The molecule has 2 aromatic rings. The number of pyridine rings is 1. The zero-order chi connectivity index (χ0) is 13.8. The highest BCUT2D eigenvalue weighted by atomic mass is 16.7. The second-order valence-corrected chi connectivity index (χ2v) is 6.10. The molecule has 1 fully saturated rings. The van der Waals surface area contributed by atoms with Crippen LogP contribution in [-0.2, 0) is 9.31 Å². The third-order valence-corrected chi connectivity index (χ3v) is 4.23. The van der Waals surface area contributed by atoms with Crippen LogP contribution in [-0.4, -0.2) is 27.7 Å². The predicted octanol–water partition coefficient (Wildman–Crippen LogP) is 1.94. The lowest BCUT2D eigenvalue weighted by Crippen LogP contribution is -2.41. The molecule has 3 heterocycles. The van der Waals surface area contributed by atoms with Gasteiger partial charge in [0.15, 0.2) is 0 Å². The van der Waals surface area contributed by atoms with Gasteiger partial charge in [0.05, 0.1) is 22.5 Å². The molecule has 3 rings (SSSR count). The van der Waals surface area contributed by atoms with E-state index < -0.39 is 0 Å². The molecule has 100 valence electrons. The van der Waals surface area contributed by atoms with E-state index in [1.807, 2.05) is 35.7 Å². The highest BCUT2D eigenvalue weighted by Gasteiger charge is 2.53. The molecule has 0 aliphatic carbocycles. The fourth-order valence-corrected chi connectivity index (χ4v) is 2.37. The first-order chi connectivity index (χ1) is 8.82. The maximum Gasteiger partial charge on any atom is 0.514 e. The summed E-state index contributed by atoms with van der Waals surface area (Å²) in [5, 5.41) is 0. The van der Waals surface area contributed by atoms with Gasteiger partial charge in [0.2, 0.25) is 0 Å². The quantitative estimate of drug-likeness (QED) is 0.733. The average Bonchev–Trinajstić information content (AvgIpc) is 2.72. The van der Waals surface area contributed by atoms with E-state index >= 15 is 0 Å². The van der Waals surface area contributed by atoms with E-state index in [9.17, 15) is 0 Å². The average molecular weight is 258 g/mol. The number of hydrogen-bond acceptors (Lipinski definition) is 3. The summed E-state index contributed by atoms with van der Waals surface area (Å²) in [4.78, 5) is 4.56. The SMILES string of the molecule is Cc1nc2ccccn2c1B1OC(C)(C)C(C)(C)O1. The molecule has 0 aromatic carbocycles. The Morgan fingerprint density at radius 3 is 2.37 bits per heavy atom. The van der Waals surface area contributed by atoms with E-state index in [0.29, 0.717) is 0 Å². The normalized spacial score (nSPS) is 21.2. The van der Waals surface area contributed by atoms with Gasteiger partial charge in [-0.3, -0.25) is 0 Å². The second-order valence-electron chi connectivity index (χ2n) is 6.10. The molecular formula is C14H19BN2O2. The van der Waals surface area contributed by atoms with E-state index in [4.69, 9.17) is 9.31 Å². The summed E-state index contributed by atoms with van der Waals surface area (Å²) in [5.74, 6) is 0. The molecule has 0 saturated carbocycles. The molecule has 0 atom stereocenters. The van der Waals surface area contributed by atoms with Crippen molar-refractivity contribution in [3.05, 3.63) is 30.1 Å². The summed E-state index contributed by atoms with van der Waals surface area (Å²) in [6.07, 6.45) is 2.00. The number of rotatable bonds is 1. The van der Waals surface area contributed by atoms with E-state index in [-0.39, 0.29) is 18.3 Å². The summed E-state index contributed by atoms with van der Waals surface area (Å²) in [7, 11) is -0.373. The Labute approximate surface area is 113 Å². The van der Waals surface area contributed by atoms with Crippen molar-refractivity contribution >= 4 is 18.4 Å². The first-order valence-corrected chi connectivity index (χ1v) is 6.61. The Morgan fingerprint density at radius 1 is 1.11 bits per heavy atom. The largest absolute Gasteiger partial charge is 0.514 e. The molecular weight excluding hydrogens is 239 g/mol. The molecule has 0 amide bonds. The highest BCUT2D eigenvalue weighted by Crippen LogP contribution is 2.36. The lowest BCUT2D eigenvalue weighted by Gasteiger charge is -2.32. The van der Waals surface area contributed by atoms with E-state index in [1.165, 1.54) is 0 Å². The van der Waals surface area contributed by atoms with Crippen LogP contribution in [0, 0.1) is 6.92 Å². The van der Waals surface area contributed by atoms with Gasteiger partial charge in [-0.25, -0.2) is 4.98 Å². The van der Waals surface area contributed by atoms with Crippen LogP contribution in [0.3, 0.4) is 0 Å². The number of fused-ring (bicyclic) bond motifs is 1. The molecule has 5 heteroatoms. The molecule has 0 N–H and O–H groups in total. The highest BCUT2D eigenvalue weighted by molar-refractivity contribution is 6.61. The first kappa shape index (κ1) is 12.7. The number of imidazole rings is 1. The van der Waals surface area contributed by atoms with Crippen molar-refractivity contribution in [3.63, 3.8) is 0 Å². The van der Waals surface area contributed by atoms with Crippen molar-refractivity contribution in [3.8, 4) is 0 Å². The molecule has 1 saturated heterocycles. The van der Waals surface area contributed by atoms with Gasteiger partial charge in [0.1, 0.15) is 5.65 Å². The van der Waals surface area contributed by atoms with Crippen LogP contribution < -0.4 is 5.59 Å². The topological polar surface area (TPSA) is 35.8 Å². The molecule has 4 nitrogen and oxygen atoms in total. The van der Waals surface area contributed by atoms with Gasteiger partial charge in [0.25, 0.3) is 0 Å². The summed E-state index contributed by atoms with van der Waals surface area (Å²) in [6.45, 7) is 10.2. The van der Waals surface area contributed by atoms with Crippen molar-refractivity contribution in [1.82, 2.24) is 9.38 Å². The van der Waals surface area contributed by atoms with Crippen LogP contribution in [0.5, 0.6) is 0 Å². The van der Waals surface area contributed by atoms with Crippen molar-refractivity contribution in [2.24, 2.45) is 0 Å². The predicted molar refractivity (Wildman–Crippen MR) is 75.6 cm³/mol. The van der Waals surface area contributed by atoms with Crippen molar-refractivity contribution in [1.29, 1.82) is 0 Å². The fraction of sp³-hybridized carbons (Fsp3) is 0.500. The van der Waals surface area contributed by atoms with Crippen LogP contribution in [0.25, 0.3) is 5.65 Å². The van der Waals surface area contributed by atoms with Gasteiger partial charge in [-0.1, -0.05) is 6.07 Å². The summed E-state index contributed by atoms with van der Waals surface area (Å²) >= 11 is 0. The first-order valence-electron chi connectivity index (χ1n) is 6.61. The molecule has 0 spiro atoms. The maximum absolute atomic E-state index is 6.11. The Kier molecular flexibility index (Phi) is 2.56. The third kappa shape index (κ3) is 1.80. The van der Waals surface area contributed by atoms with Gasteiger partial charge in [-0.05, 0) is 46.8 Å². The number of hydrogen-bond donors (Lipinski definition) is 0. The maximum atomic E-state index is 6.11. The number of aryl methyl sites for hydroxylation is 1. The number of nitrogens with zero attached hydrogens (tertiary/aromatic N) is 2. The molecule has 1 aliphatic rings. The molecule has 0 radical (unpaired) electrons. The standard InChI is InChI=1S/C14H19BN2O2/c1-10-12(17-9-7-6-8-11(17)16-10)15-18-13(2,3)14(4,5)19-15/h6-9H,1-5H3. The van der Waals surface area contributed by atoms with Crippen molar-refractivity contribution in [2.45, 2.75) is 45.8 Å². The van der Waals surface area contributed by atoms with Crippen LogP contribution >= 0.6 is 0 Å². The van der Waals surface area contributed by atoms with Crippen molar-refractivity contribution < 1.29 is 9.31 Å². The summed E-state index contributed by atoms with van der Waals surface area (Å²) in [6, 6.07) is 5.96. The number of aromatic nitrogens is 2. The molecule has 1 aliphatic heterocycles. The Morgan fingerprint density at radius 2 is 1.74 bits per heavy atom. The molecule has 0 unspecified atom stereocenters. The monoisotopic (exact) mass is 258 g/mol. The Balaban J connectivity index is 2.10. The van der Waals surface area contributed by atoms with Gasteiger partial charge in [0, 0.05) is 6.20 Å². The lowest BCUT2D eigenvalue weighted by atomic mass is 9.83. The second kappa shape index (κ2) is 3.84. The lowest BCUT2D eigenvalue weighted by molar-refractivity contribution is 0.00578. The van der Waals surface area contributed by atoms with E-state index in [0.717, 1.165) is 16.9 Å². The minimum absolute atomic E-state index is 0.330. The molecule has 2 aromatic heterocycles. The fourth-order valence-electron chi connectivity index (χ4n) is 2.37. The van der Waals surface area contributed by atoms with Crippen LogP contribution in [0.1, 0.15) is 33.4 Å². The zero-order valence-electron chi connectivity index (χ0n) is 12.1. The van der Waals surface area contributed by atoms with Gasteiger partial charge >= 0.3 is 7.12 Å². The van der Waals surface area contributed by atoms with Gasteiger partial charge in [-0.2, -0.15) is 0 Å². The van der Waals surface area contributed by atoms with Crippen LogP contribution in [0.4, 0.5) is 0 Å².